The molecule has 1 unspecified atom stereocenters. The molecule has 0 aromatic heterocycles. The van der Waals surface area contributed by atoms with Gasteiger partial charge in [-0.25, -0.2) is 0 Å². The summed E-state index contributed by atoms with van der Waals surface area (Å²) < 4.78 is 5.78. The molecule has 3 nitrogen and oxygen atoms in total. The predicted molar refractivity (Wildman–Crippen MR) is 75.9 cm³/mol. The van der Waals surface area contributed by atoms with Crippen LogP contribution >= 0.6 is 0 Å². The quantitative estimate of drug-likeness (QED) is 0.799. The fourth-order valence-corrected chi connectivity index (χ4v) is 1.95. The Morgan fingerprint density at radius 3 is 2.32 bits per heavy atom. The first kappa shape index (κ1) is 13.8. The van der Waals surface area contributed by atoms with Crippen LogP contribution in [0.5, 0.6) is 0 Å². The Balaban J connectivity index is 2.03. The summed E-state index contributed by atoms with van der Waals surface area (Å²) in [5, 5.41) is 18.6. The normalized spacial score (nSPS) is 12.2. The number of hydrogen-bond acceptors (Lipinski definition) is 3. The molecular formula is C15H17BO3. The van der Waals surface area contributed by atoms with Crippen LogP contribution in [0, 0.1) is 0 Å². The molecule has 19 heavy (non-hydrogen) atoms. The molecule has 2 aromatic rings. The van der Waals surface area contributed by atoms with Gasteiger partial charge in [0, 0.05) is 0 Å². The molecule has 0 saturated carbocycles. The third-order valence-corrected chi connectivity index (χ3v) is 3.09. The monoisotopic (exact) mass is 256 g/mol. The van der Waals surface area contributed by atoms with Gasteiger partial charge in [0.2, 0.25) is 0 Å². The number of benzene rings is 2. The van der Waals surface area contributed by atoms with Crippen molar-refractivity contribution in [3.05, 3.63) is 65.7 Å². The zero-order valence-electron chi connectivity index (χ0n) is 10.9. The van der Waals surface area contributed by atoms with Crippen LogP contribution in [0.1, 0.15) is 24.2 Å². The van der Waals surface area contributed by atoms with Gasteiger partial charge in [-0.2, -0.15) is 0 Å². The summed E-state index contributed by atoms with van der Waals surface area (Å²) in [5.74, 6) is 0. The lowest BCUT2D eigenvalue weighted by Gasteiger charge is -2.15. The molecule has 0 spiro atoms. The molecule has 1 atom stereocenters. The first-order valence-electron chi connectivity index (χ1n) is 6.29. The van der Waals surface area contributed by atoms with Gasteiger partial charge >= 0.3 is 7.12 Å². The molecular weight excluding hydrogens is 239 g/mol. The van der Waals surface area contributed by atoms with E-state index in [-0.39, 0.29) is 6.10 Å². The van der Waals surface area contributed by atoms with E-state index in [9.17, 15) is 10.0 Å². The zero-order valence-corrected chi connectivity index (χ0v) is 10.9. The Morgan fingerprint density at radius 2 is 1.63 bits per heavy atom. The lowest BCUT2D eigenvalue weighted by molar-refractivity contribution is 0.0529. The van der Waals surface area contributed by atoms with Crippen LogP contribution in [0.15, 0.2) is 54.6 Å². The van der Waals surface area contributed by atoms with E-state index in [1.807, 2.05) is 49.4 Å². The van der Waals surface area contributed by atoms with E-state index in [4.69, 9.17) is 4.74 Å². The first-order chi connectivity index (χ1) is 9.18. The van der Waals surface area contributed by atoms with Gasteiger partial charge in [-0.3, -0.25) is 0 Å². The Labute approximate surface area is 113 Å². The maximum absolute atomic E-state index is 9.29. The summed E-state index contributed by atoms with van der Waals surface area (Å²) in [6.45, 7) is 2.33. The number of ether oxygens (including phenoxy) is 1. The maximum Gasteiger partial charge on any atom is 0.488 e. The SMILES string of the molecule is CC(OCc1ccccc1B(O)O)c1ccccc1. The second-order valence-corrected chi connectivity index (χ2v) is 4.44. The molecule has 2 N–H and O–H groups in total. The molecule has 0 aliphatic heterocycles. The molecule has 0 aliphatic rings. The standard InChI is InChI=1S/C15H17BO3/c1-12(13-7-3-2-4-8-13)19-11-14-9-5-6-10-15(14)16(17)18/h2-10,12,17-18H,11H2,1H3. The molecule has 0 radical (unpaired) electrons. The summed E-state index contributed by atoms with van der Waals surface area (Å²) in [7, 11) is -1.47. The Bertz CT molecular complexity index is 514. The third kappa shape index (κ3) is 3.67. The van der Waals surface area contributed by atoms with Crippen molar-refractivity contribution in [1.29, 1.82) is 0 Å². The average Bonchev–Trinajstić information content (AvgIpc) is 2.46. The summed E-state index contributed by atoms with van der Waals surface area (Å²) in [5.41, 5.74) is 2.38. The second kappa shape index (κ2) is 6.52. The summed E-state index contributed by atoms with van der Waals surface area (Å²) in [6, 6.07) is 17.1. The van der Waals surface area contributed by atoms with Crippen LogP contribution in [0.3, 0.4) is 0 Å². The lowest BCUT2D eigenvalue weighted by Crippen LogP contribution is -2.33. The Kier molecular flexibility index (Phi) is 4.74. The van der Waals surface area contributed by atoms with Crippen LogP contribution in [0.4, 0.5) is 0 Å². The zero-order chi connectivity index (χ0) is 13.7. The minimum absolute atomic E-state index is 0.0370. The molecule has 0 amide bonds. The minimum atomic E-state index is -1.47. The smallest absolute Gasteiger partial charge is 0.423 e. The van der Waals surface area contributed by atoms with Gasteiger partial charge in [-0.1, -0.05) is 54.6 Å². The van der Waals surface area contributed by atoms with Crippen LogP contribution in [-0.2, 0) is 11.3 Å². The molecule has 0 heterocycles. The predicted octanol–water partition coefficient (Wildman–Crippen LogP) is 1.64. The maximum atomic E-state index is 9.29. The Hall–Kier alpha value is -1.62. The van der Waals surface area contributed by atoms with Crippen molar-refractivity contribution in [3.63, 3.8) is 0 Å². The lowest BCUT2D eigenvalue weighted by atomic mass is 9.77. The largest absolute Gasteiger partial charge is 0.488 e. The fraction of sp³-hybridized carbons (Fsp3) is 0.200. The molecule has 2 aromatic carbocycles. The van der Waals surface area contributed by atoms with Gasteiger partial charge in [0.1, 0.15) is 0 Å². The molecule has 0 bridgehead atoms. The van der Waals surface area contributed by atoms with Crippen molar-refractivity contribution in [2.24, 2.45) is 0 Å². The molecule has 2 rings (SSSR count). The topological polar surface area (TPSA) is 49.7 Å². The number of rotatable bonds is 5. The molecule has 4 heteroatoms. The van der Waals surface area contributed by atoms with E-state index in [1.54, 1.807) is 12.1 Å². The molecule has 98 valence electrons. The fourth-order valence-electron chi connectivity index (χ4n) is 1.95. The van der Waals surface area contributed by atoms with Gasteiger partial charge in [0.15, 0.2) is 0 Å². The van der Waals surface area contributed by atoms with Gasteiger partial charge in [-0.15, -0.1) is 0 Å². The van der Waals surface area contributed by atoms with E-state index < -0.39 is 7.12 Å². The van der Waals surface area contributed by atoms with Gasteiger partial charge in [-0.05, 0) is 23.5 Å². The van der Waals surface area contributed by atoms with Crippen molar-refractivity contribution in [2.45, 2.75) is 19.6 Å². The minimum Gasteiger partial charge on any atom is -0.423 e. The molecule has 0 fully saturated rings. The van der Waals surface area contributed by atoms with E-state index in [0.717, 1.165) is 11.1 Å². The highest BCUT2D eigenvalue weighted by Crippen LogP contribution is 2.17. The first-order valence-corrected chi connectivity index (χ1v) is 6.29. The van der Waals surface area contributed by atoms with Crippen molar-refractivity contribution in [2.75, 3.05) is 0 Å². The highest BCUT2D eigenvalue weighted by molar-refractivity contribution is 6.59. The van der Waals surface area contributed by atoms with Crippen molar-refractivity contribution >= 4 is 12.6 Å². The van der Waals surface area contributed by atoms with Gasteiger partial charge < -0.3 is 14.8 Å². The van der Waals surface area contributed by atoms with E-state index >= 15 is 0 Å². The summed E-state index contributed by atoms with van der Waals surface area (Å²) in [4.78, 5) is 0. The average molecular weight is 256 g/mol. The number of hydrogen-bond donors (Lipinski definition) is 2. The van der Waals surface area contributed by atoms with Crippen molar-refractivity contribution in [3.8, 4) is 0 Å². The highest BCUT2D eigenvalue weighted by atomic mass is 16.5. The molecule has 0 saturated heterocycles. The van der Waals surface area contributed by atoms with E-state index in [0.29, 0.717) is 12.1 Å². The van der Waals surface area contributed by atoms with E-state index in [1.165, 1.54) is 0 Å². The Morgan fingerprint density at radius 1 is 1.00 bits per heavy atom. The van der Waals surface area contributed by atoms with E-state index in [2.05, 4.69) is 0 Å². The van der Waals surface area contributed by atoms with Gasteiger partial charge in [0.25, 0.3) is 0 Å². The van der Waals surface area contributed by atoms with Crippen LogP contribution in [0.2, 0.25) is 0 Å². The van der Waals surface area contributed by atoms with Crippen LogP contribution < -0.4 is 5.46 Å². The highest BCUT2D eigenvalue weighted by Gasteiger charge is 2.16. The third-order valence-electron chi connectivity index (χ3n) is 3.09. The summed E-state index contributed by atoms with van der Waals surface area (Å²) in [6.07, 6.45) is -0.0370. The van der Waals surface area contributed by atoms with Crippen molar-refractivity contribution < 1.29 is 14.8 Å². The van der Waals surface area contributed by atoms with Crippen LogP contribution in [-0.4, -0.2) is 17.2 Å². The van der Waals surface area contributed by atoms with Gasteiger partial charge in [0.05, 0.1) is 12.7 Å². The second-order valence-electron chi connectivity index (χ2n) is 4.44. The van der Waals surface area contributed by atoms with Crippen LogP contribution in [0.25, 0.3) is 0 Å². The van der Waals surface area contributed by atoms with Crippen molar-refractivity contribution in [1.82, 2.24) is 0 Å². The molecule has 0 aliphatic carbocycles. The summed E-state index contributed by atoms with van der Waals surface area (Å²) >= 11 is 0.